The van der Waals surface area contributed by atoms with Gasteiger partial charge in [-0.1, -0.05) is 0 Å². The third-order valence-electron chi connectivity index (χ3n) is 5.28. The second kappa shape index (κ2) is 5.98. The van der Waals surface area contributed by atoms with Crippen molar-refractivity contribution in [3.05, 3.63) is 46.5 Å². The minimum atomic E-state index is -0.183. The number of hydrogen-bond acceptors (Lipinski definition) is 6. The van der Waals surface area contributed by atoms with Gasteiger partial charge in [0.25, 0.3) is 0 Å². The molecule has 4 heterocycles. The molecule has 0 N–H and O–H groups in total. The van der Waals surface area contributed by atoms with Crippen LogP contribution in [0.15, 0.2) is 29.6 Å². The predicted octanol–water partition coefficient (Wildman–Crippen LogP) is 0.447. The highest BCUT2D eigenvalue weighted by atomic mass is 16.1. The van der Waals surface area contributed by atoms with Gasteiger partial charge in [-0.25, -0.2) is 19.7 Å². The molecule has 0 aliphatic carbocycles. The summed E-state index contributed by atoms with van der Waals surface area (Å²) in [7, 11) is 1.79. The van der Waals surface area contributed by atoms with Crippen molar-refractivity contribution in [3.8, 4) is 0 Å². The van der Waals surface area contributed by atoms with Crippen LogP contribution in [0, 0.1) is 18.8 Å². The fraction of sp³-hybridized carbons (Fsp3) is 0.529. The van der Waals surface area contributed by atoms with Crippen LogP contribution in [0.5, 0.6) is 0 Å². The zero-order chi connectivity index (χ0) is 16.7. The van der Waals surface area contributed by atoms with E-state index in [0.717, 1.165) is 49.8 Å². The zero-order valence-corrected chi connectivity index (χ0v) is 14.1. The molecule has 24 heavy (non-hydrogen) atoms. The van der Waals surface area contributed by atoms with Gasteiger partial charge in [0.1, 0.15) is 12.1 Å². The number of hydrogen-bond donors (Lipinski definition) is 0. The Morgan fingerprint density at radius 2 is 1.92 bits per heavy atom. The molecule has 0 bridgehead atoms. The van der Waals surface area contributed by atoms with Crippen molar-refractivity contribution in [3.63, 3.8) is 0 Å². The van der Waals surface area contributed by atoms with E-state index in [4.69, 9.17) is 0 Å². The summed E-state index contributed by atoms with van der Waals surface area (Å²) in [5, 5.41) is 0. The highest BCUT2D eigenvalue weighted by Crippen LogP contribution is 2.34. The second-order valence-corrected chi connectivity index (χ2v) is 6.93. The minimum Gasteiger partial charge on any atom is -0.356 e. The van der Waals surface area contributed by atoms with Crippen molar-refractivity contribution in [2.75, 3.05) is 31.1 Å². The van der Waals surface area contributed by atoms with Gasteiger partial charge >= 0.3 is 5.69 Å². The molecular weight excluding hydrogens is 304 g/mol. The Hall–Kier alpha value is -2.28. The molecule has 0 radical (unpaired) electrons. The van der Waals surface area contributed by atoms with Crippen LogP contribution in [-0.4, -0.2) is 50.6 Å². The second-order valence-electron chi connectivity index (χ2n) is 6.93. The molecule has 2 aliphatic rings. The number of aryl methyl sites for hydroxylation is 1. The van der Waals surface area contributed by atoms with Gasteiger partial charge < -0.3 is 4.90 Å². The maximum atomic E-state index is 11.7. The average molecular weight is 326 g/mol. The molecule has 0 spiro atoms. The van der Waals surface area contributed by atoms with E-state index in [-0.39, 0.29) is 5.69 Å². The van der Waals surface area contributed by atoms with E-state index in [9.17, 15) is 4.79 Å². The monoisotopic (exact) mass is 326 g/mol. The molecule has 2 unspecified atom stereocenters. The zero-order valence-electron chi connectivity index (χ0n) is 14.1. The first-order chi connectivity index (χ1) is 11.6. The Labute approximate surface area is 141 Å². The van der Waals surface area contributed by atoms with Crippen molar-refractivity contribution in [1.82, 2.24) is 24.4 Å². The maximum Gasteiger partial charge on any atom is 0.347 e. The molecule has 7 heteroatoms. The van der Waals surface area contributed by atoms with Crippen LogP contribution in [0.1, 0.15) is 11.3 Å². The highest BCUT2D eigenvalue weighted by Gasteiger charge is 2.40. The molecule has 2 aromatic heterocycles. The Morgan fingerprint density at radius 1 is 1.17 bits per heavy atom. The first-order valence-corrected chi connectivity index (χ1v) is 8.36. The van der Waals surface area contributed by atoms with E-state index in [1.54, 1.807) is 24.1 Å². The SMILES string of the molecule is Cc1cncnc1N1CC2CN(Cc3ccnc(=O)n3C)CC2C1. The van der Waals surface area contributed by atoms with Crippen molar-refractivity contribution >= 4 is 5.82 Å². The van der Waals surface area contributed by atoms with Crippen LogP contribution in [0.2, 0.25) is 0 Å². The normalized spacial score (nSPS) is 23.7. The Kier molecular flexibility index (Phi) is 3.80. The van der Waals surface area contributed by atoms with Crippen LogP contribution in [0.3, 0.4) is 0 Å². The molecule has 2 saturated heterocycles. The van der Waals surface area contributed by atoms with E-state index >= 15 is 0 Å². The van der Waals surface area contributed by atoms with Gasteiger partial charge in [-0.05, 0) is 24.8 Å². The largest absolute Gasteiger partial charge is 0.356 e. The van der Waals surface area contributed by atoms with Crippen LogP contribution < -0.4 is 10.6 Å². The maximum absolute atomic E-state index is 11.7. The summed E-state index contributed by atoms with van der Waals surface area (Å²) >= 11 is 0. The fourth-order valence-corrected chi connectivity index (χ4v) is 4.01. The van der Waals surface area contributed by atoms with Gasteiger partial charge in [-0.15, -0.1) is 0 Å². The van der Waals surface area contributed by atoms with Gasteiger partial charge in [-0.2, -0.15) is 0 Å². The van der Waals surface area contributed by atoms with Gasteiger partial charge in [0, 0.05) is 63.4 Å². The molecule has 0 aromatic carbocycles. The van der Waals surface area contributed by atoms with Crippen molar-refractivity contribution in [2.24, 2.45) is 18.9 Å². The Morgan fingerprint density at radius 3 is 2.62 bits per heavy atom. The van der Waals surface area contributed by atoms with Gasteiger partial charge in [-0.3, -0.25) is 9.47 Å². The molecular formula is C17H22N6O. The number of nitrogens with zero attached hydrogens (tertiary/aromatic N) is 6. The molecule has 4 rings (SSSR count). The first-order valence-electron chi connectivity index (χ1n) is 8.36. The lowest BCUT2D eigenvalue weighted by Crippen LogP contribution is -2.31. The predicted molar refractivity (Wildman–Crippen MR) is 90.7 cm³/mol. The standard InChI is InChI=1S/C17H22N6O/c1-12-5-18-11-20-16(12)23-8-13-6-22(7-14(13)9-23)10-15-3-4-19-17(24)21(15)2/h3-5,11,13-14H,6-10H2,1-2H3. The van der Waals surface area contributed by atoms with Crippen LogP contribution in [0.4, 0.5) is 5.82 Å². The highest BCUT2D eigenvalue weighted by molar-refractivity contribution is 5.46. The fourth-order valence-electron chi connectivity index (χ4n) is 4.01. The number of likely N-dealkylation sites (tertiary alicyclic amines) is 1. The quantitative estimate of drug-likeness (QED) is 0.816. The molecule has 0 amide bonds. The average Bonchev–Trinajstić information content (AvgIpc) is 3.10. The summed E-state index contributed by atoms with van der Waals surface area (Å²) < 4.78 is 1.64. The minimum absolute atomic E-state index is 0.183. The van der Waals surface area contributed by atoms with E-state index in [1.165, 1.54) is 0 Å². The summed E-state index contributed by atoms with van der Waals surface area (Å²) in [6.07, 6.45) is 5.12. The van der Waals surface area contributed by atoms with E-state index in [1.807, 2.05) is 12.3 Å². The van der Waals surface area contributed by atoms with Gasteiger partial charge in [0.15, 0.2) is 0 Å². The lowest BCUT2D eigenvalue weighted by Gasteiger charge is -2.23. The first kappa shape index (κ1) is 15.3. The summed E-state index contributed by atoms with van der Waals surface area (Å²) in [5.74, 6) is 2.40. The smallest absolute Gasteiger partial charge is 0.347 e. The van der Waals surface area contributed by atoms with Crippen molar-refractivity contribution in [2.45, 2.75) is 13.5 Å². The van der Waals surface area contributed by atoms with Crippen molar-refractivity contribution in [1.29, 1.82) is 0 Å². The van der Waals surface area contributed by atoms with Crippen molar-refractivity contribution < 1.29 is 0 Å². The van der Waals surface area contributed by atoms with Crippen LogP contribution >= 0.6 is 0 Å². The number of aromatic nitrogens is 4. The molecule has 2 atom stereocenters. The molecule has 7 nitrogen and oxygen atoms in total. The van der Waals surface area contributed by atoms with Gasteiger partial charge in [0.05, 0.1) is 0 Å². The molecule has 2 aliphatic heterocycles. The topological polar surface area (TPSA) is 67.2 Å². The van der Waals surface area contributed by atoms with E-state index < -0.39 is 0 Å². The molecule has 2 fully saturated rings. The Balaban J connectivity index is 1.42. The van der Waals surface area contributed by atoms with Crippen LogP contribution in [0.25, 0.3) is 0 Å². The van der Waals surface area contributed by atoms with Crippen LogP contribution in [-0.2, 0) is 13.6 Å². The van der Waals surface area contributed by atoms with E-state index in [2.05, 4.69) is 31.7 Å². The summed E-state index contributed by atoms with van der Waals surface area (Å²) in [6.45, 7) is 7.12. The van der Waals surface area contributed by atoms with Gasteiger partial charge in [0.2, 0.25) is 0 Å². The third kappa shape index (κ3) is 2.69. The molecule has 126 valence electrons. The lowest BCUT2D eigenvalue weighted by molar-refractivity contribution is 0.300. The summed E-state index contributed by atoms with van der Waals surface area (Å²) in [5.41, 5.74) is 1.98. The molecule has 0 saturated carbocycles. The lowest BCUT2D eigenvalue weighted by atomic mass is 10.0. The molecule has 2 aromatic rings. The number of rotatable bonds is 3. The number of fused-ring (bicyclic) bond motifs is 1. The Bertz CT molecular complexity index is 790. The number of anilines is 1. The third-order valence-corrected chi connectivity index (χ3v) is 5.28. The summed E-state index contributed by atoms with van der Waals surface area (Å²) in [4.78, 5) is 28.8. The summed E-state index contributed by atoms with van der Waals surface area (Å²) in [6, 6.07) is 1.94. The van der Waals surface area contributed by atoms with E-state index in [0.29, 0.717) is 11.8 Å².